The quantitative estimate of drug-likeness (QED) is 0.837. The summed E-state index contributed by atoms with van der Waals surface area (Å²) in [4.78, 5) is 2.71. The molecule has 0 bridgehead atoms. The molecule has 106 valence electrons. The molecule has 3 nitrogen and oxygen atoms in total. The fraction of sp³-hybridized carbons (Fsp3) is 1.00. The number of nitrogens with zero attached hydrogens (tertiary/aromatic N) is 1. The van der Waals surface area contributed by atoms with Crippen molar-refractivity contribution in [3.63, 3.8) is 0 Å². The Morgan fingerprint density at radius 3 is 2.61 bits per heavy atom. The minimum atomic E-state index is 0.122. The smallest absolute Gasteiger partial charge is 0.0666 e. The zero-order chi connectivity index (χ0) is 13.0. The Balaban J connectivity index is 1.82. The molecule has 2 aliphatic rings. The first-order chi connectivity index (χ1) is 8.67. The van der Waals surface area contributed by atoms with Crippen LogP contribution in [0.1, 0.15) is 52.4 Å². The SMILES string of the molecule is CCC1(C)CC(N2CCC(CCN)CC2)CCO1. The van der Waals surface area contributed by atoms with Crippen LogP contribution in [0.25, 0.3) is 0 Å². The minimum absolute atomic E-state index is 0.122. The van der Waals surface area contributed by atoms with Crippen molar-refractivity contribution in [3.8, 4) is 0 Å². The highest BCUT2D eigenvalue weighted by atomic mass is 16.5. The van der Waals surface area contributed by atoms with Gasteiger partial charge in [-0.25, -0.2) is 0 Å². The van der Waals surface area contributed by atoms with Gasteiger partial charge in [0.05, 0.1) is 5.60 Å². The van der Waals surface area contributed by atoms with Crippen molar-refractivity contribution in [1.29, 1.82) is 0 Å². The molecule has 0 aromatic rings. The van der Waals surface area contributed by atoms with Gasteiger partial charge in [-0.05, 0) is 71.0 Å². The summed E-state index contributed by atoms with van der Waals surface area (Å²) in [6.45, 7) is 8.87. The number of hydrogen-bond donors (Lipinski definition) is 1. The van der Waals surface area contributed by atoms with Gasteiger partial charge in [-0.3, -0.25) is 0 Å². The number of likely N-dealkylation sites (tertiary alicyclic amines) is 1. The molecule has 2 rings (SSSR count). The van der Waals surface area contributed by atoms with Crippen molar-refractivity contribution in [2.45, 2.75) is 64.0 Å². The van der Waals surface area contributed by atoms with Gasteiger partial charge < -0.3 is 15.4 Å². The van der Waals surface area contributed by atoms with Crippen LogP contribution in [0.2, 0.25) is 0 Å². The highest BCUT2D eigenvalue weighted by molar-refractivity contribution is 4.88. The molecule has 2 aliphatic heterocycles. The zero-order valence-corrected chi connectivity index (χ0v) is 12.2. The summed E-state index contributed by atoms with van der Waals surface area (Å²) in [5, 5.41) is 0. The molecule has 2 fully saturated rings. The Labute approximate surface area is 112 Å². The number of nitrogens with two attached hydrogens (primary N) is 1. The number of ether oxygens (including phenoxy) is 1. The van der Waals surface area contributed by atoms with Crippen LogP contribution in [-0.4, -0.2) is 42.8 Å². The molecule has 0 aliphatic carbocycles. The highest BCUT2D eigenvalue weighted by Gasteiger charge is 2.35. The largest absolute Gasteiger partial charge is 0.375 e. The molecule has 2 N–H and O–H groups in total. The highest BCUT2D eigenvalue weighted by Crippen LogP contribution is 2.32. The minimum Gasteiger partial charge on any atom is -0.375 e. The van der Waals surface area contributed by atoms with Crippen LogP contribution in [-0.2, 0) is 4.74 Å². The molecule has 0 aromatic carbocycles. The Morgan fingerprint density at radius 1 is 1.28 bits per heavy atom. The lowest BCUT2D eigenvalue weighted by Crippen LogP contribution is -2.49. The standard InChI is InChI=1S/C15H30N2O/c1-3-15(2)12-14(7-11-18-15)17-9-5-13(4-8-16)6-10-17/h13-14H,3-12,16H2,1-2H3. The van der Waals surface area contributed by atoms with Crippen molar-refractivity contribution < 1.29 is 4.74 Å². The average Bonchev–Trinajstić information content (AvgIpc) is 2.40. The molecule has 2 atom stereocenters. The van der Waals surface area contributed by atoms with Gasteiger partial charge in [0, 0.05) is 12.6 Å². The Morgan fingerprint density at radius 2 is 2.00 bits per heavy atom. The molecule has 3 heteroatoms. The van der Waals surface area contributed by atoms with E-state index in [2.05, 4.69) is 18.7 Å². The van der Waals surface area contributed by atoms with Gasteiger partial charge >= 0.3 is 0 Å². The van der Waals surface area contributed by atoms with E-state index in [1.807, 2.05) is 0 Å². The van der Waals surface area contributed by atoms with Gasteiger partial charge in [0.2, 0.25) is 0 Å². The van der Waals surface area contributed by atoms with E-state index in [-0.39, 0.29) is 5.60 Å². The average molecular weight is 254 g/mol. The predicted octanol–water partition coefficient (Wildman–Crippen LogP) is 2.39. The molecule has 0 saturated carbocycles. The van der Waals surface area contributed by atoms with Crippen LogP contribution >= 0.6 is 0 Å². The third kappa shape index (κ3) is 3.46. The third-order valence-electron chi connectivity index (χ3n) is 5.06. The van der Waals surface area contributed by atoms with E-state index in [4.69, 9.17) is 10.5 Å². The van der Waals surface area contributed by atoms with Crippen molar-refractivity contribution in [2.75, 3.05) is 26.2 Å². The number of piperidine rings is 1. The molecule has 0 spiro atoms. The maximum Gasteiger partial charge on any atom is 0.0666 e. The second-order valence-electron chi connectivity index (χ2n) is 6.36. The summed E-state index contributed by atoms with van der Waals surface area (Å²) in [7, 11) is 0. The molecule has 18 heavy (non-hydrogen) atoms. The summed E-state index contributed by atoms with van der Waals surface area (Å²) in [6, 6.07) is 0.752. The third-order valence-corrected chi connectivity index (χ3v) is 5.06. The van der Waals surface area contributed by atoms with Crippen molar-refractivity contribution in [3.05, 3.63) is 0 Å². The topological polar surface area (TPSA) is 38.5 Å². The van der Waals surface area contributed by atoms with E-state index < -0.39 is 0 Å². The van der Waals surface area contributed by atoms with Gasteiger partial charge in [0.25, 0.3) is 0 Å². The van der Waals surface area contributed by atoms with Crippen LogP contribution < -0.4 is 5.73 Å². The first-order valence-corrected chi connectivity index (χ1v) is 7.75. The van der Waals surface area contributed by atoms with Crippen molar-refractivity contribution in [2.24, 2.45) is 11.7 Å². The van der Waals surface area contributed by atoms with Gasteiger partial charge in [-0.2, -0.15) is 0 Å². The fourth-order valence-corrected chi connectivity index (χ4v) is 3.50. The first-order valence-electron chi connectivity index (χ1n) is 7.75. The Hall–Kier alpha value is -0.120. The molecule has 0 aromatic heterocycles. The number of rotatable bonds is 4. The lowest BCUT2D eigenvalue weighted by molar-refractivity contribution is -0.0996. The predicted molar refractivity (Wildman–Crippen MR) is 75.6 cm³/mol. The Bertz CT molecular complexity index is 251. The second kappa shape index (κ2) is 6.36. The van der Waals surface area contributed by atoms with Crippen molar-refractivity contribution in [1.82, 2.24) is 4.90 Å². The zero-order valence-electron chi connectivity index (χ0n) is 12.2. The molecule has 2 heterocycles. The maximum absolute atomic E-state index is 5.95. The van der Waals surface area contributed by atoms with E-state index >= 15 is 0 Å². The summed E-state index contributed by atoms with van der Waals surface area (Å²) in [5.74, 6) is 0.878. The molecular weight excluding hydrogens is 224 g/mol. The van der Waals surface area contributed by atoms with Gasteiger partial charge in [-0.1, -0.05) is 6.92 Å². The second-order valence-corrected chi connectivity index (χ2v) is 6.36. The fourth-order valence-electron chi connectivity index (χ4n) is 3.50. The van der Waals surface area contributed by atoms with E-state index in [9.17, 15) is 0 Å². The molecule has 0 amide bonds. The lowest BCUT2D eigenvalue weighted by atomic mass is 9.86. The molecule has 2 saturated heterocycles. The Kier molecular flexibility index (Phi) is 5.05. The summed E-state index contributed by atoms with van der Waals surface area (Å²) in [5.41, 5.74) is 5.78. The van der Waals surface area contributed by atoms with E-state index in [0.717, 1.165) is 31.5 Å². The van der Waals surface area contributed by atoms with Crippen LogP contribution in [0.5, 0.6) is 0 Å². The normalized spacial score (nSPS) is 35.8. The van der Waals surface area contributed by atoms with Crippen LogP contribution in [0.4, 0.5) is 0 Å². The van der Waals surface area contributed by atoms with E-state index in [0.29, 0.717) is 0 Å². The molecule has 0 radical (unpaired) electrons. The molecule has 2 unspecified atom stereocenters. The van der Waals surface area contributed by atoms with Gasteiger partial charge in [0.15, 0.2) is 0 Å². The first kappa shape index (κ1) is 14.3. The van der Waals surface area contributed by atoms with Crippen LogP contribution in [0.3, 0.4) is 0 Å². The van der Waals surface area contributed by atoms with Crippen molar-refractivity contribution >= 4 is 0 Å². The summed E-state index contributed by atoms with van der Waals surface area (Å²) in [6.07, 6.45) is 7.47. The van der Waals surface area contributed by atoms with E-state index in [1.165, 1.54) is 45.2 Å². The van der Waals surface area contributed by atoms with Gasteiger partial charge in [0.1, 0.15) is 0 Å². The summed E-state index contributed by atoms with van der Waals surface area (Å²) >= 11 is 0. The van der Waals surface area contributed by atoms with Gasteiger partial charge in [-0.15, -0.1) is 0 Å². The maximum atomic E-state index is 5.95. The monoisotopic (exact) mass is 254 g/mol. The van der Waals surface area contributed by atoms with Crippen LogP contribution in [0.15, 0.2) is 0 Å². The molecular formula is C15H30N2O. The van der Waals surface area contributed by atoms with E-state index in [1.54, 1.807) is 0 Å². The lowest BCUT2D eigenvalue weighted by Gasteiger charge is -2.45. The van der Waals surface area contributed by atoms with Crippen LogP contribution in [0, 0.1) is 5.92 Å². The summed E-state index contributed by atoms with van der Waals surface area (Å²) < 4.78 is 5.95. The number of hydrogen-bond acceptors (Lipinski definition) is 3.